The first-order valence-corrected chi connectivity index (χ1v) is 9.85. The van der Waals surface area contributed by atoms with Gasteiger partial charge in [-0.3, -0.25) is 4.79 Å². The van der Waals surface area contributed by atoms with Crippen LogP contribution < -0.4 is 14.8 Å². The van der Waals surface area contributed by atoms with Crippen LogP contribution in [0.4, 0.5) is 5.82 Å². The van der Waals surface area contributed by atoms with E-state index in [9.17, 15) is 4.79 Å². The maximum absolute atomic E-state index is 12.4. The van der Waals surface area contributed by atoms with E-state index in [1.165, 1.54) is 11.6 Å². The topological polar surface area (TPSA) is 65.4 Å². The number of aryl methyl sites for hydroxylation is 1. The highest BCUT2D eigenvalue weighted by Crippen LogP contribution is 2.29. The fourth-order valence-corrected chi connectivity index (χ4v) is 3.03. The van der Waals surface area contributed by atoms with Crippen LogP contribution >= 0.6 is 0 Å². The minimum absolute atomic E-state index is 0.0516. The molecule has 156 valence electrons. The number of anilines is 1. The van der Waals surface area contributed by atoms with Gasteiger partial charge in [0.15, 0.2) is 11.5 Å². The van der Waals surface area contributed by atoms with Crippen LogP contribution in [0.25, 0.3) is 6.08 Å². The number of nitrogens with one attached hydrogen (secondary N) is 1. The van der Waals surface area contributed by atoms with Gasteiger partial charge in [0.05, 0.1) is 26.0 Å². The molecule has 6 heteroatoms. The summed E-state index contributed by atoms with van der Waals surface area (Å²) in [7, 11) is 1.60. The number of benzene rings is 2. The number of hydrogen-bond acceptors (Lipinski definition) is 4. The molecule has 0 atom stereocenters. The Morgan fingerprint density at radius 1 is 1.17 bits per heavy atom. The Bertz CT molecular complexity index is 1040. The van der Waals surface area contributed by atoms with Crippen molar-refractivity contribution in [3.63, 3.8) is 0 Å². The van der Waals surface area contributed by atoms with E-state index in [2.05, 4.69) is 29.5 Å². The first-order valence-electron chi connectivity index (χ1n) is 9.85. The van der Waals surface area contributed by atoms with Crippen LogP contribution in [-0.2, 0) is 11.3 Å². The first-order chi connectivity index (χ1) is 14.4. The lowest BCUT2D eigenvalue weighted by Crippen LogP contribution is -2.13. The highest BCUT2D eigenvalue weighted by molar-refractivity contribution is 6.01. The highest BCUT2D eigenvalue weighted by Gasteiger charge is 2.08. The van der Waals surface area contributed by atoms with Crippen LogP contribution in [0, 0.1) is 6.92 Å². The summed E-state index contributed by atoms with van der Waals surface area (Å²) in [6.45, 7) is 6.56. The number of carbonyl (C=O) groups is 1. The molecular weight excluding hydrogens is 378 g/mol. The Labute approximate surface area is 177 Å². The SMILES string of the molecule is COc1cc(C=CC(=O)Nc2ccnn2Cc2cccc(C)c2)ccc1OC(C)C. The molecule has 0 unspecified atom stereocenters. The molecule has 3 rings (SSSR count). The Kier molecular flexibility index (Phi) is 6.91. The molecule has 1 amide bonds. The van der Waals surface area contributed by atoms with Crippen molar-refractivity contribution in [2.45, 2.75) is 33.4 Å². The summed E-state index contributed by atoms with van der Waals surface area (Å²) in [6.07, 6.45) is 4.95. The highest BCUT2D eigenvalue weighted by atomic mass is 16.5. The number of rotatable bonds is 8. The van der Waals surface area contributed by atoms with Crippen LogP contribution in [0.2, 0.25) is 0 Å². The summed E-state index contributed by atoms with van der Waals surface area (Å²) >= 11 is 0. The zero-order valence-corrected chi connectivity index (χ0v) is 17.8. The van der Waals surface area contributed by atoms with Gasteiger partial charge in [0, 0.05) is 12.1 Å². The molecule has 0 saturated carbocycles. The summed E-state index contributed by atoms with van der Waals surface area (Å²) in [5.74, 6) is 1.71. The van der Waals surface area contributed by atoms with E-state index in [4.69, 9.17) is 9.47 Å². The predicted octanol–water partition coefficient (Wildman–Crippen LogP) is 4.69. The second-order valence-electron chi connectivity index (χ2n) is 7.26. The Morgan fingerprint density at radius 3 is 2.73 bits per heavy atom. The van der Waals surface area contributed by atoms with Gasteiger partial charge in [-0.2, -0.15) is 5.10 Å². The van der Waals surface area contributed by atoms with E-state index in [0.717, 1.165) is 11.1 Å². The van der Waals surface area contributed by atoms with Gasteiger partial charge in [-0.15, -0.1) is 0 Å². The van der Waals surface area contributed by atoms with Crippen molar-refractivity contribution in [3.8, 4) is 11.5 Å². The van der Waals surface area contributed by atoms with Gasteiger partial charge in [-0.05, 0) is 50.1 Å². The summed E-state index contributed by atoms with van der Waals surface area (Å²) in [4.78, 5) is 12.4. The molecule has 0 aliphatic carbocycles. The number of methoxy groups -OCH3 is 1. The van der Waals surface area contributed by atoms with Gasteiger partial charge in [0.1, 0.15) is 5.82 Å². The summed E-state index contributed by atoms with van der Waals surface area (Å²) in [5, 5.41) is 7.20. The lowest BCUT2D eigenvalue weighted by atomic mass is 10.1. The number of aromatic nitrogens is 2. The largest absolute Gasteiger partial charge is 0.493 e. The molecule has 6 nitrogen and oxygen atoms in total. The Hall–Kier alpha value is -3.54. The van der Waals surface area contributed by atoms with E-state index in [1.54, 1.807) is 30.1 Å². The van der Waals surface area contributed by atoms with E-state index in [1.807, 2.05) is 44.2 Å². The third-order valence-corrected chi connectivity index (χ3v) is 4.36. The van der Waals surface area contributed by atoms with Gasteiger partial charge in [0.2, 0.25) is 5.91 Å². The quantitative estimate of drug-likeness (QED) is 0.552. The number of amides is 1. The summed E-state index contributed by atoms with van der Waals surface area (Å²) in [5.41, 5.74) is 3.15. The van der Waals surface area contributed by atoms with Crippen LogP contribution in [0.15, 0.2) is 60.8 Å². The third-order valence-electron chi connectivity index (χ3n) is 4.36. The van der Waals surface area contributed by atoms with E-state index >= 15 is 0 Å². The summed E-state index contributed by atoms with van der Waals surface area (Å²) < 4.78 is 12.9. The van der Waals surface area contributed by atoms with Crippen LogP contribution in [0.1, 0.15) is 30.5 Å². The number of ether oxygens (including phenoxy) is 2. The van der Waals surface area contributed by atoms with Gasteiger partial charge in [0.25, 0.3) is 0 Å². The maximum Gasteiger partial charge on any atom is 0.249 e. The molecule has 0 aliphatic heterocycles. The van der Waals surface area contributed by atoms with Crippen LogP contribution in [-0.4, -0.2) is 28.9 Å². The molecule has 0 radical (unpaired) electrons. The fraction of sp³-hybridized carbons (Fsp3) is 0.250. The molecule has 0 aliphatic rings. The molecule has 1 N–H and O–H groups in total. The minimum Gasteiger partial charge on any atom is -0.493 e. The standard InChI is InChI=1S/C24H27N3O3/c1-17(2)30-21-10-8-19(15-22(21)29-4)9-11-24(28)26-23-12-13-25-27(23)16-20-7-5-6-18(3)14-20/h5-15,17H,16H2,1-4H3,(H,26,28). The smallest absolute Gasteiger partial charge is 0.249 e. The van der Waals surface area contributed by atoms with E-state index in [0.29, 0.717) is 23.9 Å². The Balaban J connectivity index is 1.66. The molecule has 0 fully saturated rings. The molecule has 1 heterocycles. The van der Waals surface area contributed by atoms with Gasteiger partial charge >= 0.3 is 0 Å². The molecule has 1 aromatic heterocycles. The Morgan fingerprint density at radius 2 is 2.00 bits per heavy atom. The minimum atomic E-state index is -0.234. The van der Waals surface area contributed by atoms with Crippen molar-refractivity contribution in [1.29, 1.82) is 0 Å². The maximum atomic E-state index is 12.4. The van der Waals surface area contributed by atoms with E-state index < -0.39 is 0 Å². The average molecular weight is 405 g/mol. The fourth-order valence-electron chi connectivity index (χ4n) is 3.03. The van der Waals surface area contributed by atoms with E-state index in [-0.39, 0.29) is 12.0 Å². The van der Waals surface area contributed by atoms with Crippen molar-refractivity contribution >= 4 is 17.8 Å². The molecule has 0 bridgehead atoms. The van der Waals surface area contributed by atoms with Gasteiger partial charge < -0.3 is 14.8 Å². The monoisotopic (exact) mass is 405 g/mol. The van der Waals surface area contributed by atoms with Crippen LogP contribution in [0.3, 0.4) is 0 Å². The van der Waals surface area contributed by atoms with Crippen molar-refractivity contribution < 1.29 is 14.3 Å². The average Bonchev–Trinajstić information content (AvgIpc) is 3.13. The van der Waals surface area contributed by atoms with Crippen molar-refractivity contribution in [2.24, 2.45) is 0 Å². The normalized spacial score (nSPS) is 11.1. The zero-order chi connectivity index (χ0) is 21.5. The third kappa shape index (κ3) is 5.73. The number of nitrogens with zero attached hydrogens (tertiary/aromatic N) is 2. The predicted molar refractivity (Wildman–Crippen MR) is 119 cm³/mol. The summed E-state index contributed by atoms with van der Waals surface area (Å²) in [6, 6.07) is 15.6. The molecular formula is C24H27N3O3. The van der Waals surface area contributed by atoms with Gasteiger partial charge in [-0.1, -0.05) is 35.9 Å². The lowest BCUT2D eigenvalue weighted by Gasteiger charge is -2.13. The first kappa shape index (κ1) is 21.2. The molecule has 30 heavy (non-hydrogen) atoms. The van der Waals surface area contributed by atoms with Crippen molar-refractivity contribution in [1.82, 2.24) is 9.78 Å². The van der Waals surface area contributed by atoms with Crippen LogP contribution in [0.5, 0.6) is 11.5 Å². The molecule has 3 aromatic rings. The second kappa shape index (κ2) is 9.78. The van der Waals surface area contributed by atoms with Crippen molar-refractivity contribution in [2.75, 3.05) is 12.4 Å². The van der Waals surface area contributed by atoms with Gasteiger partial charge in [-0.25, -0.2) is 4.68 Å². The molecule has 0 spiro atoms. The zero-order valence-electron chi connectivity index (χ0n) is 17.8. The lowest BCUT2D eigenvalue weighted by molar-refractivity contribution is -0.111. The molecule has 2 aromatic carbocycles. The number of hydrogen-bond donors (Lipinski definition) is 1. The van der Waals surface area contributed by atoms with Crippen molar-refractivity contribution in [3.05, 3.63) is 77.5 Å². The number of carbonyl (C=O) groups excluding carboxylic acids is 1. The second-order valence-corrected chi connectivity index (χ2v) is 7.26. The molecule has 0 saturated heterocycles.